The first-order chi connectivity index (χ1) is 23.3. The molecule has 218 valence electrons. The van der Waals surface area contributed by atoms with Crippen molar-refractivity contribution in [2.75, 3.05) is 0 Å². The molecule has 0 fully saturated rings. The number of benzene rings is 8. The van der Waals surface area contributed by atoms with E-state index in [1.807, 2.05) is 60.7 Å². The van der Waals surface area contributed by atoms with E-state index in [1.54, 1.807) is 0 Å². The number of aromatic nitrogens is 4. The van der Waals surface area contributed by atoms with Crippen LogP contribution in [0.2, 0.25) is 0 Å². The normalized spacial score (nSPS) is 11.8. The van der Waals surface area contributed by atoms with Crippen LogP contribution in [0.25, 0.3) is 94.0 Å². The van der Waals surface area contributed by atoms with Crippen LogP contribution in [0, 0.1) is 0 Å². The van der Waals surface area contributed by atoms with E-state index in [2.05, 4.69) is 102 Å². The molecule has 0 saturated heterocycles. The molecule has 4 nitrogen and oxygen atoms in total. The van der Waals surface area contributed by atoms with E-state index in [1.165, 1.54) is 54.1 Å². The molecule has 10 aromatic rings. The summed E-state index contributed by atoms with van der Waals surface area (Å²) >= 11 is 0. The molecule has 0 spiro atoms. The Hall–Kier alpha value is -6.39. The fourth-order valence-electron chi connectivity index (χ4n) is 7.32. The number of fused-ring (bicyclic) bond motifs is 5. The average Bonchev–Trinajstić information content (AvgIpc) is 3.48. The lowest BCUT2D eigenvalue weighted by molar-refractivity contribution is 1.07. The summed E-state index contributed by atoms with van der Waals surface area (Å²) in [6, 6.07) is 55.5. The van der Waals surface area contributed by atoms with Crippen molar-refractivity contribution in [1.29, 1.82) is 0 Å². The number of nitrogens with zero attached hydrogens (tertiary/aromatic N) is 4. The van der Waals surface area contributed by atoms with E-state index >= 15 is 0 Å². The maximum Gasteiger partial charge on any atom is 0.164 e. The summed E-state index contributed by atoms with van der Waals surface area (Å²) in [5, 5.41) is 10.3. The van der Waals surface area contributed by atoms with Crippen LogP contribution in [0.15, 0.2) is 158 Å². The quantitative estimate of drug-likeness (QED) is 0.189. The Bertz CT molecular complexity index is 2720. The Balaban J connectivity index is 1.26. The summed E-state index contributed by atoms with van der Waals surface area (Å²) < 4.78 is 2.41. The van der Waals surface area contributed by atoms with Crippen molar-refractivity contribution in [2.45, 2.75) is 0 Å². The highest BCUT2D eigenvalue weighted by molar-refractivity contribution is 6.39. The van der Waals surface area contributed by atoms with Crippen LogP contribution < -0.4 is 0 Å². The Labute approximate surface area is 270 Å². The minimum atomic E-state index is 0.642. The summed E-state index contributed by atoms with van der Waals surface area (Å²) in [7, 11) is 0. The molecule has 2 aromatic heterocycles. The Morgan fingerprint density at radius 2 is 0.872 bits per heavy atom. The molecule has 10 rings (SSSR count). The summed E-state index contributed by atoms with van der Waals surface area (Å²) in [5.41, 5.74) is 6.29. The lowest BCUT2D eigenvalue weighted by Gasteiger charge is -2.12. The smallest absolute Gasteiger partial charge is 0.164 e. The Morgan fingerprint density at radius 1 is 0.340 bits per heavy atom. The molecule has 0 amide bonds. The second-order valence-electron chi connectivity index (χ2n) is 12.0. The Kier molecular flexibility index (Phi) is 5.54. The van der Waals surface area contributed by atoms with Crippen molar-refractivity contribution in [3.63, 3.8) is 0 Å². The van der Waals surface area contributed by atoms with E-state index in [4.69, 9.17) is 15.0 Å². The zero-order valence-electron chi connectivity index (χ0n) is 25.3. The van der Waals surface area contributed by atoms with Crippen molar-refractivity contribution < 1.29 is 0 Å². The summed E-state index contributed by atoms with van der Waals surface area (Å²) in [5.74, 6) is 1.95. The first kappa shape index (κ1) is 25.9. The van der Waals surface area contributed by atoms with Crippen LogP contribution in [0.4, 0.5) is 0 Å². The molecular weight excluding hydrogens is 573 g/mol. The highest BCUT2D eigenvalue weighted by Crippen LogP contribution is 2.46. The van der Waals surface area contributed by atoms with E-state index in [-0.39, 0.29) is 0 Å². The Morgan fingerprint density at radius 3 is 1.60 bits per heavy atom. The predicted molar refractivity (Wildman–Crippen MR) is 194 cm³/mol. The van der Waals surface area contributed by atoms with Gasteiger partial charge in [-0.25, -0.2) is 15.0 Å². The molecule has 0 radical (unpaired) electrons. The van der Waals surface area contributed by atoms with Crippen LogP contribution in [0.5, 0.6) is 0 Å². The van der Waals surface area contributed by atoms with Gasteiger partial charge in [-0.3, -0.25) is 0 Å². The van der Waals surface area contributed by atoms with Crippen molar-refractivity contribution in [3.05, 3.63) is 158 Å². The van der Waals surface area contributed by atoms with Gasteiger partial charge in [0, 0.05) is 38.5 Å². The summed E-state index contributed by atoms with van der Waals surface area (Å²) in [6.07, 6.45) is 0. The average molecular weight is 599 g/mol. The molecular formula is C43H26N4. The third kappa shape index (κ3) is 3.92. The SMILES string of the molecule is c1ccc(-c2nc(-c3ccccc3)nc(-c3cccc(-n4c5cccc6c7ccccc7c7c8ccccc8cc4c7c65)c3)n2)cc1. The first-order valence-electron chi connectivity index (χ1n) is 15.9. The van der Waals surface area contributed by atoms with E-state index in [9.17, 15) is 0 Å². The van der Waals surface area contributed by atoms with Crippen LogP contribution in [0.3, 0.4) is 0 Å². The number of hydrogen-bond donors (Lipinski definition) is 0. The zero-order valence-corrected chi connectivity index (χ0v) is 25.3. The lowest BCUT2D eigenvalue weighted by Crippen LogP contribution is -2.01. The first-order valence-corrected chi connectivity index (χ1v) is 15.9. The fourth-order valence-corrected chi connectivity index (χ4v) is 7.32. The molecule has 4 heteroatoms. The fraction of sp³-hybridized carbons (Fsp3) is 0. The molecule has 0 atom stereocenters. The highest BCUT2D eigenvalue weighted by atomic mass is 15.0. The van der Waals surface area contributed by atoms with Gasteiger partial charge in [0.25, 0.3) is 0 Å². The van der Waals surface area contributed by atoms with Gasteiger partial charge in [0.05, 0.1) is 11.0 Å². The minimum absolute atomic E-state index is 0.642. The van der Waals surface area contributed by atoms with Gasteiger partial charge in [-0.2, -0.15) is 0 Å². The van der Waals surface area contributed by atoms with Crippen molar-refractivity contribution in [1.82, 2.24) is 19.5 Å². The molecule has 0 saturated carbocycles. The second kappa shape index (κ2) is 10.1. The molecule has 0 bridgehead atoms. The molecule has 0 aliphatic rings. The van der Waals surface area contributed by atoms with Gasteiger partial charge in [-0.15, -0.1) is 0 Å². The van der Waals surface area contributed by atoms with Crippen LogP contribution in [-0.2, 0) is 0 Å². The maximum atomic E-state index is 5.02. The minimum Gasteiger partial charge on any atom is -0.309 e. The molecule has 0 aliphatic carbocycles. The lowest BCUT2D eigenvalue weighted by atomic mass is 9.91. The van der Waals surface area contributed by atoms with Gasteiger partial charge in [0.15, 0.2) is 17.5 Å². The van der Waals surface area contributed by atoms with Gasteiger partial charge in [-0.05, 0) is 51.2 Å². The topological polar surface area (TPSA) is 43.6 Å². The third-order valence-electron chi connectivity index (χ3n) is 9.35. The standard InChI is InChI=1S/C43H26N4/c1-3-13-27(14-4-1)41-44-42(28-15-5-2-6-16-28)46-43(45-41)30-18-11-19-31(25-30)47-36-24-12-23-35-33-21-9-10-22-34(33)38-32-20-8-7-17-29(32)26-37(47)40(38)39(35)36/h1-26H. The largest absolute Gasteiger partial charge is 0.309 e. The maximum absolute atomic E-state index is 5.02. The van der Waals surface area contributed by atoms with Gasteiger partial charge in [-0.1, -0.05) is 133 Å². The molecule has 8 aromatic carbocycles. The number of rotatable bonds is 4. The van der Waals surface area contributed by atoms with E-state index in [0.29, 0.717) is 17.5 Å². The van der Waals surface area contributed by atoms with E-state index in [0.717, 1.165) is 22.4 Å². The van der Waals surface area contributed by atoms with Gasteiger partial charge >= 0.3 is 0 Å². The third-order valence-corrected chi connectivity index (χ3v) is 9.35. The van der Waals surface area contributed by atoms with Crippen LogP contribution in [-0.4, -0.2) is 19.5 Å². The van der Waals surface area contributed by atoms with Crippen LogP contribution >= 0.6 is 0 Å². The van der Waals surface area contributed by atoms with E-state index < -0.39 is 0 Å². The highest BCUT2D eigenvalue weighted by Gasteiger charge is 2.22. The van der Waals surface area contributed by atoms with Crippen LogP contribution in [0.1, 0.15) is 0 Å². The van der Waals surface area contributed by atoms with Gasteiger partial charge < -0.3 is 4.57 Å². The molecule has 2 heterocycles. The van der Waals surface area contributed by atoms with Crippen molar-refractivity contribution in [3.8, 4) is 39.9 Å². The summed E-state index contributed by atoms with van der Waals surface area (Å²) in [6.45, 7) is 0. The molecule has 0 unspecified atom stereocenters. The molecule has 47 heavy (non-hydrogen) atoms. The zero-order chi connectivity index (χ0) is 30.9. The summed E-state index contributed by atoms with van der Waals surface area (Å²) in [4.78, 5) is 14.9. The molecule has 0 aliphatic heterocycles. The monoisotopic (exact) mass is 598 g/mol. The van der Waals surface area contributed by atoms with Gasteiger partial charge in [0.1, 0.15) is 0 Å². The predicted octanol–water partition coefficient (Wildman–Crippen LogP) is 10.9. The van der Waals surface area contributed by atoms with Crippen molar-refractivity contribution in [2.24, 2.45) is 0 Å². The number of hydrogen-bond acceptors (Lipinski definition) is 3. The molecule has 0 N–H and O–H groups in total. The second-order valence-corrected chi connectivity index (χ2v) is 12.0. The van der Waals surface area contributed by atoms with Crippen molar-refractivity contribution >= 4 is 54.1 Å². The van der Waals surface area contributed by atoms with Gasteiger partial charge in [0.2, 0.25) is 0 Å².